The van der Waals surface area contributed by atoms with Crippen LogP contribution in [0.4, 0.5) is 0 Å². The van der Waals surface area contributed by atoms with Crippen molar-refractivity contribution in [2.45, 2.75) is 24.8 Å². The molecule has 0 unspecified atom stereocenters. The molecule has 132 valence electrons. The van der Waals surface area contributed by atoms with Crippen LogP contribution in [0.3, 0.4) is 0 Å². The summed E-state index contributed by atoms with van der Waals surface area (Å²) in [5.74, 6) is 1.77. The van der Waals surface area contributed by atoms with Crippen LogP contribution >= 0.6 is 34.7 Å². The highest BCUT2D eigenvalue weighted by atomic mass is 35.5. The number of thiophene rings is 1. The molecule has 3 aromatic heterocycles. The number of nitrogens with zero attached hydrogens (tertiary/aromatic N) is 3. The predicted octanol–water partition coefficient (Wildman–Crippen LogP) is 4.33. The lowest BCUT2D eigenvalue weighted by molar-refractivity contribution is 0.966. The van der Waals surface area contributed by atoms with Crippen molar-refractivity contribution >= 4 is 44.9 Å². The van der Waals surface area contributed by atoms with Gasteiger partial charge in [-0.1, -0.05) is 23.4 Å². The van der Waals surface area contributed by atoms with E-state index in [0.717, 1.165) is 20.8 Å². The maximum absolute atomic E-state index is 12.3. The molecule has 2 N–H and O–H groups in total. The minimum atomic E-state index is -0.0932. The molecule has 0 aliphatic carbocycles. The third-order valence-electron chi connectivity index (χ3n) is 4.01. The van der Waals surface area contributed by atoms with E-state index in [2.05, 4.69) is 25.1 Å². The molecule has 0 fully saturated rings. The smallest absolute Gasteiger partial charge is 0.259 e. The molecule has 1 aromatic carbocycles. The average Bonchev–Trinajstić information content (AvgIpc) is 3.19. The monoisotopic (exact) mass is 403 g/mol. The standard InChI is InChI=1S/C17H14ClN5OS2/c1-8-9(2)26-16-13(8)15(24)19-12(20-16)7-25-17-21-14(22-23-17)10-3-5-11(18)6-4-10/h3-6H,7H2,1-2H3,(H,19,20,24)(H,21,22,23). The van der Waals surface area contributed by atoms with Gasteiger partial charge in [-0.25, -0.2) is 9.97 Å². The number of nitrogens with one attached hydrogen (secondary N) is 2. The average molecular weight is 404 g/mol. The SMILES string of the molecule is Cc1sc2nc(CSc3n[nH]c(-c4ccc(Cl)cc4)n3)[nH]c(=O)c2c1C. The van der Waals surface area contributed by atoms with Crippen LogP contribution in [-0.4, -0.2) is 25.1 Å². The first-order valence-electron chi connectivity index (χ1n) is 7.81. The van der Waals surface area contributed by atoms with Crippen LogP contribution < -0.4 is 5.56 Å². The zero-order chi connectivity index (χ0) is 18.3. The Kier molecular flexibility index (Phi) is 4.56. The molecule has 0 saturated carbocycles. The molecule has 26 heavy (non-hydrogen) atoms. The third kappa shape index (κ3) is 3.27. The zero-order valence-electron chi connectivity index (χ0n) is 14.0. The Morgan fingerprint density at radius 2 is 1.96 bits per heavy atom. The number of halogens is 1. The molecule has 0 bridgehead atoms. The van der Waals surface area contributed by atoms with Crippen molar-refractivity contribution in [1.29, 1.82) is 0 Å². The lowest BCUT2D eigenvalue weighted by Gasteiger charge is -1.99. The second-order valence-electron chi connectivity index (χ2n) is 5.74. The van der Waals surface area contributed by atoms with Gasteiger partial charge >= 0.3 is 0 Å². The molecule has 0 saturated heterocycles. The molecule has 0 aliphatic rings. The first-order valence-corrected chi connectivity index (χ1v) is 9.99. The highest BCUT2D eigenvalue weighted by Crippen LogP contribution is 2.27. The fourth-order valence-corrected chi connectivity index (χ4v) is 4.39. The maximum atomic E-state index is 12.3. The number of H-pyrrole nitrogens is 2. The van der Waals surface area contributed by atoms with Crippen LogP contribution in [0, 0.1) is 13.8 Å². The zero-order valence-corrected chi connectivity index (χ0v) is 16.3. The van der Waals surface area contributed by atoms with E-state index in [1.807, 2.05) is 26.0 Å². The molecule has 4 aromatic rings. The van der Waals surface area contributed by atoms with E-state index in [-0.39, 0.29) is 5.56 Å². The van der Waals surface area contributed by atoms with Crippen LogP contribution in [0.2, 0.25) is 5.02 Å². The van der Waals surface area contributed by atoms with Crippen molar-refractivity contribution in [3.8, 4) is 11.4 Å². The molecule has 0 amide bonds. The minimum absolute atomic E-state index is 0.0932. The molecule has 0 spiro atoms. The largest absolute Gasteiger partial charge is 0.309 e. The van der Waals surface area contributed by atoms with Gasteiger partial charge in [-0.3, -0.25) is 9.89 Å². The Labute approximate surface area is 162 Å². The summed E-state index contributed by atoms with van der Waals surface area (Å²) in [6.07, 6.45) is 0. The number of aryl methyl sites for hydroxylation is 2. The van der Waals surface area contributed by atoms with Crippen molar-refractivity contribution in [3.63, 3.8) is 0 Å². The van der Waals surface area contributed by atoms with Gasteiger partial charge in [0.1, 0.15) is 10.7 Å². The summed E-state index contributed by atoms with van der Waals surface area (Å²) in [6, 6.07) is 7.37. The van der Waals surface area contributed by atoms with E-state index < -0.39 is 0 Å². The molecule has 0 aliphatic heterocycles. The highest BCUT2D eigenvalue weighted by Gasteiger charge is 2.13. The van der Waals surface area contributed by atoms with Gasteiger partial charge in [0.25, 0.3) is 5.56 Å². The van der Waals surface area contributed by atoms with Gasteiger partial charge in [0.05, 0.1) is 11.1 Å². The Balaban J connectivity index is 1.53. The van der Waals surface area contributed by atoms with Gasteiger partial charge in [-0.15, -0.1) is 16.4 Å². The molecule has 4 rings (SSSR count). The van der Waals surface area contributed by atoms with Gasteiger partial charge in [-0.05, 0) is 43.7 Å². The van der Waals surface area contributed by atoms with E-state index >= 15 is 0 Å². The topological polar surface area (TPSA) is 87.3 Å². The lowest BCUT2D eigenvalue weighted by Crippen LogP contribution is -2.10. The molecule has 6 nitrogen and oxygen atoms in total. The Bertz CT molecular complexity index is 1150. The van der Waals surface area contributed by atoms with Gasteiger partial charge in [-0.2, -0.15) is 0 Å². The van der Waals surface area contributed by atoms with E-state index in [1.54, 1.807) is 23.5 Å². The van der Waals surface area contributed by atoms with Crippen LogP contribution in [0.15, 0.2) is 34.2 Å². The van der Waals surface area contributed by atoms with Crippen LogP contribution in [0.5, 0.6) is 0 Å². The second-order valence-corrected chi connectivity index (χ2v) is 8.32. The minimum Gasteiger partial charge on any atom is -0.309 e. The molecular formula is C17H14ClN5OS2. The number of rotatable bonds is 4. The fourth-order valence-electron chi connectivity index (χ4n) is 2.55. The fraction of sp³-hybridized carbons (Fsp3) is 0.176. The Morgan fingerprint density at radius 3 is 2.73 bits per heavy atom. The van der Waals surface area contributed by atoms with Gasteiger partial charge in [0.2, 0.25) is 5.16 Å². The van der Waals surface area contributed by atoms with Crippen molar-refractivity contribution < 1.29 is 0 Å². The normalized spacial score (nSPS) is 11.3. The van der Waals surface area contributed by atoms with Crippen LogP contribution in [-0.2, 0) is 5.75 Å². The number of hydrogen-bond acceptors (Lipinski definition) is 6. The first kappa shape index (κ1) is 17.3. The Hall–Kier alpha value is -2.16. The summed E-state index contributed by atoms with van der Waals surface area (Å²) in [6.45, 7) is 3.95. The van der Waals surface area contributed by atoms with Crippen LogP contribution in [0.1, 0.15) is 16.3 Å². The number of thioether (sulfide) groups is 1. The van der Waals surface area contributed by atoms with Gasteiger partial charge in [0.15, 0.2) is 5.82 Å². The lowest BCUT2D eigenvalue weighted by atomic mass is 10.2. The number of aromatic amines is 2. The predicted molar refractivity (Wildman–Crippen MR) is 106 cm³/mol. The molecular weight excluding hydrogens is 390 g/mol. The summed E-state index contributed by atoms with van der Waals surface area (Å²) in [4.78, 5) is 26.1. The molecule has 0 atom stereocenters. The Morgan fingerprint density at radius 1 is 1.19 bits per heavy atom. The van der Waals surface area contributed by atoms with E-state index in [1.165, 1.54) is 11.8 Å². The van der Waals surface area contributed by atoms with Crippen molar-refractivity contribution in [3.05, 3.63) is 55.9 Å². The summed E-state index contributed by atoms with van der Waals surface area (Å²) in [5, 5.41) is 9.08. The van der Waals surface area contributed by atoms with Gasteiger partial charge in [0, 0.05) is 15.5 Å². The van der Waals surface area contributed by atoms with Crippen LogP contribution in [0.25, 0.3) is 21.6 Å². The van der Waals surface area contributed by atoms with Crippen molar-refractivity contribution in [1.82, 2.24) is 25.1 Å². The van der Waals surface area contributed by atoms with E-state index in [4.69, 9.17) is 11.6 Å². The first-order chi connectivity index (χ1) is 12.5. The summed E-state index contributed by atoms with van der Waals surface area (Å²) >= 11 is 8.86. The highest BCUT2D eigenvalue weighted by molar-refractivity contribution is 7.98. The van der Waals surface area contributed by atoms with Gasteiger partial charge < -0.3 is 4.98 Å². The molecule has 0 radical (unpaired) electrons. The van der Waals surface area contributed by atoms with E-state index in [0.29, 0.717) is 33.0 Å². The maximum Gasteiger partial charge on any atom is 0.259 e. The molecule has 9 heteroatoms. The summed E-state index contributed by atoms with van der Waals surface area (Å²) in [5.41, 5.74) is 1.81. The third-order valence-corrected chi connectivity index (χ3v) is 6.22. The van der Waals surface area contributed by atoms with Crippen molar-refractivity contribution in [2.24, 2.45) is 0 Å². The quantitative estimate of drug-likeness (QED) is 0.495. The second kappa shape index (κ2) is 6.86. The molecule has 3 heterocycles. The number of hydrogen-bond donors (Lipinski definition) is 2. The van der Waals surface area contributed by atoms with Crippen molar-refractivity contribution in [2.75, 3.05) is 0 Å². The summed E-state index contributed by atoms with van der Waals surface area (Å²) in [7, 11) is 0. The summed E-state index contributed by atoms with van der Waals surface area (Å²) < 4.78 is 0. The number of aromatic nitrogens is 5. The van der Waals surface area contributed by atoms with E-state index in [9.17, 15) is 4.79 Å². The number of fused-ring (bicyclic) bond motifs is 1. The number of benzene rings is 1.